The summed E-state index contributed by atoms with van der Waals surface area (Å²) in [7, 11) is -4.28. The highest BCUT2D eigenvalue weighted by Crippen LogP contribution is 2.35. The summed E-state index contributed by atoms with van der Waals surface area (Å²) in [5, 5.41) is -0.333. The van der Waals surface area contributed by atoms with Crippen LogP contribution in [-0.2, 0) is 29.6 Å². The van der Waals surface area contributed by atoms with Crippen LogP contribution in [0.2, 0.25) is 5.02 Å². The topological polar surface area (TPSA) is 95.7 Å². The fraction of sp³-hybridized carbons (Fsp3) is 0.118. The van der Waals surface area contributed by atoms with Gasteiger partial charge in [0, 0.05) is 5.56 Å². The molecular formula is C17H13ClFNO5S. The molecule has 3 rings (SSSR count). The van der Waals surface area contributed by atoms with E-state index in [-0.39, 0.29) is 5.02 Å². The Morgan fingerprint density at radius 1 is 1.23 bits per heavy atom. The van der Waals surface area contributed by atoms with Crippen molar-refractivity contribution in [3.63, 3.8) is 0 Å². The van der Waals surface area contributed by atoms with Gasteiger partial charge in [-0.05, 0) is 11.6 Å². The highest BCUT2D eigenvalue weighted by atomic mass is 35.5. The van der Waals surface area contributed by atoms with Crippen molar-refractivity contribution < 1.29 is 27.9 Å². The molecule has 2 N–H and O–H groups in total. The van der Waals surface area contributed by atoms with E-state index in [1.165, 1.54) is 12.1 Å². The molecule has 1 aliphatic heterocycles. The molecule has 6 nitrogen and oxygen atoms in total. The molecule has 136 valence electrons. The zero-order valence-electron chi connectivity index (χ0n) is 14.1. The van der Waals surface area contributed by atoms with Crippen molar-refractivity contribution in [3.8, 4) is 0 Å². The van der Waals surface area contributed by atoms with Gasteiger partial charge in [-0.1, -0.05) is 54.1 Å². The van der Waals surface area contributed by atoms with Crippen LogP contribution >= 0.6 is 11.6 Å². The minimum absolute atomic E-state index is 0.333. The molecule has 0 saturated heterocycles. The number of nitrogens with two attached hydrogens (primary N) is 1. The van der Waals surface area contributed by atoms with Crippen molar-refractivity contribution >= 4 is 27.5 Å². The van der Waals surface area contributed by atoms with Crippen LogP contribution < -0.4 is 5.73 Å². The standard InChI is InChI=1S/C17H13ClFNO5S/c18-12-8-4-7-11(13(12)19)15-14(21)16(17(20)24-15)25-26(22,23)9-10-5-2-1-3-6-10/h1-8,15H,9,20H2/t15-/m0/s1/i15D. The highest BCUT2D eigenvalue weighted by Gasteiger charge is 2.41. The van der Waals surface area contributed by atoms with Gasteiger partial charge in [0.15, 0.2) is 6.08 Å². The highest BCUT2D eigenvalue weighted by molar-refractivity contribution is 7.86. The van der Waals surface area contributed by atoms with Crippen LogP contribution in [0.15, 0.2) is 60.2 Å². The molecule has 0 spiro atoms. The lowest BCUT2D eigenvalue weighted by Gasteiger charge is -2.11. The Labute approximate surface area is 155 Å². The largest absolute Gasteiger partial charge is 0.460 e. The Morgan fingerprint density at radius 2 is 1.92 bits per heavy atom. The number of benzene rings is 2. The fourth-order valence-electron chi connectivity index (χ4n) is 2.29. The lowest BCUT2D eigenvalue weighted by molar-refractivity contribution is -0.123. The van der Waals surface area contributed by atoms with E-state index in [9.17, 15) is 17.6 Å². The van der Waals surface area contributed by atoms with Crippen molar-refractivity contribution in [2.45, 2.75) is 11.8 Å². The quantitative estimate of drug-likeness (QED) is 0.778. The molecule has 1 aliphatic rings. The lowest BCUT2D eigenvalue weighted by Crippen LogP contribution is -2.17. The molecule has 9 heteroatoms. The van der Waals surface area contributed by atoms with Gasteiger partial charge in [0.1, 0.15) is 11.6 Å². The van der Waals surface area contributed by atoms with Gasteiger partial charge in [-0.15, -0.1) is 0 Å². The SMILES string of the molecule is [2H][C@@]1(c2cccc(Cl)c2F)OC(N)=C(OS(=O)(=O)Cc2ccccc2)C1=O. The first-order chi connectivity index (χ1) is 12.6. The normalized spacial score (nSPS) is 20.7. The number of carbonyl (C=O) groups excluding carboxylic acids is 1. The summed E-state index contributed by atoms with van der Waals surface area (Å²) in [4.78, 5) is 12.6. The van der Waals surface area contributed by atoms with E-state index in [1.807, 2.05) is 0 Å². The Balaban J connectivity index is 1.88. The average molecular weight is 399 g/mol. The van der Waals surface area contributed by atoms with Crippen molar-refractivity contribution in [2.24, 2.45) is 5.73 Å². The Bertz CT molecular complexity index is 1040. The minimum atomic E-state index is -4.28. The molecule has 0 bridgehead atoms. The van der Waals surface area contributed by atoms with E-state index < -0.39 is 50.8 Å². The van der Waals surface area contributed by atoms with Crippen molar-refractivity contribution in [1.29, 1.82) is 0 Å². The number of ketones is 1. The maximum Gasteiger partial charge on any atom is 0.313 e. The molecule has 0 unspecified atom stereocenters. The van der Waals surface area contributed by atoms with E-state index in [1.54, 1.807) is 30.3 Å². The number of hydrogen-bond acceptors (Lipinski definition) is 6. The molecule has 2 aromatic carbocycles. The summed E-state index contributed by atoms with van der Waals surface area (Å²) < 4.78 is 56.7. The van der Waals surface area contributed by atoms with E-state index in [0.717, 1.165) is 6.07 Å². The van der Waals surface area contributed by atoms with E-state index in [4.69, 9.17) is 27.6 Å². The molecule has 26 heavy (non-hydrogen) atoms. The summed E-state index contributed by atoms with van der Waals surface area (Å²) in [6.07, 6.45) is -2.64. The van der Waals surface area contributed by atoms with Gasteiger partial charge < -0.3 is 14.7 Å². The Hall–Kier alpha value is -2.58. The molecule has 2 aromatic rings. The van der Waals surface area contributed by atoms with Gasteiger partial charge in [-0.2, -0.15) is 8.42 Å². The molecule has 1 heterocycles. The number of hydrogen-bond donors (Lipinski definition) is 1. The van der Waals surface area contributed by atoms with Crippen LogP contribution in [0.1, 0.15) is 18.6 Å². The molecular weight excluding hydrogens is 385 g/mol. The Kier molecular flexibility index (Phi) is 4.52. The van der Waals surface area contributed by atoms with E-state index in [2.05, 4.69) is 0 Å². The molecule has 0 saturated carbocycles. The fourth-order valence-corrected chi connectivity index (χ4v) is 3.53. The van der Waals surface area contributed by atoms with Crippen LogP contribution in [-0.4, -0.2) is 14.2 Å². The van der Waals surface area contributed by atoms with Crippen molar-refractivity contribution in [3.05, 3.63) is 82.1 Å². The predicted molar refractivity (Wildman–Crippen MR) is 91.6 cm³/mol. The van der Waals surface area contributed by atoms with Crippen LogP contribution in [0.4, 0.5) is 4.39 Å². The van der Waals surface area contributed by atoms with Gasteiger partial charge in [0.2, 0.25) is 17.4 Å². The summed E-state index contributed by atoms with van der Waals surface area (Å²) >= 11 is 5.67. The second-order valence-corrected chi connectivity index (χ2v) is 7.30. The summed E-state index contributed by atoms with van der Waals surface area (Å²) in [6, 6.07) is 11.7. The van der Waals surface area contributed by atoms with Crippen molar-refractivity contribution in [1.82, 2.24) is 0 Å². The number of halogens is 2. The summed E-state index contributed by atoms with van der Waals surface area (Å²) in [6.45, 7) is 0. The lowest BCUT2D eigenvalue weighted by atomic mass is 10.1. The number of ether oxygens (including phenoxy) is 1. The number of rotatable bonds is 5. The zero-order valence-corrected chi connectivity index (χ0v) is 14.7. The zero-order chi connectivity index (χ0) is 19.8. The average Bonchev–Trinajstić information content (AvgIpc) is 2.81. The van der Waals surface area contributed by atoms with E-state index >= 15 is 0 Å². The van der Waals surface area contributed by atoms with E-state index in [0.29, 0.717) is 5.56 Å². The van der Waals surface area contributed by atoms with Gasteiger partial charge in [-0.3, -0.25) is 4.79 Å². The first-order valence-electron chi connectivity index (χ1n) is 7.78. The van der Waals surface area contributed by atoms with Crippen LogP contribution in [0.3, 0.4) is 0 Å². The molecule has 0 radical (unpaired) electrons. The van der Waals surface area contributed by atoms with Gasteiger partial charge in [-0.25, -0.2) is 4.39 Å². The monoisotopic (exact) mass is 398 g/mol. The first kappa shape index (κ1) is 16.9. The molecule has 0 amide bonds. The molecule has 1 atom stereocenters. The third-order valence-electron chi connectivity index (χ3n) is 3.44. The predicted octanol–water partition coefficient (Wildman–Crippen LogP) is 2.79. The molecule has 0 fully saturated rings. The minimum Gasteiger partial charge on any atom is -0.460 e. The molecule has 0 aliphatic carbocycles. The maximum absolute atomic E-state index is 14.2. The van der Waals surface area contributed by atoms with Crippen LogP contribution in [0, 0.1) is 5.82 Å². The smallest absolute Gasteiger partial charge is 0.313 e. The van der Waals surface area contributed by atoms with Crippen molar-refractivity contribution in [2.75, 3.05) is 0 Å². The maximum atomic E-state index is 14.2. The summed E-state index contributed by atoms with van der Waals surface area (Å²) in [5.74, 6) is -4.44. The second-order valence-electron chi connectivity index (χ2n) is 5.33. The van der Waals surface area contributed by atoms with Gasteiger partial charge in [0.25, 0.3) is 0 Å². The third-order valence-corrected chi connectivity index (χ3v) is 4.84. The van der Waals surface area contributed by atoms with Crippen LogP contribution in [0.5, 0.6) is 0 Å². The number of Topliss-reactive ketones (excluding diaryl/α,β-unsaturated/α-hetero) is 1. The number of carbonyl (C=O) groups is 1. The summed E-state index contributed by atoms with van der Waals surface area (Å²) in [5.41, 5.74) is 5.45. The van der Waals surface area contributed by atoms with Crippen LogP contribution in [0.25, 0.3) is 0 Å². The molecule has 0 aromatic heterocycles. The Morgan fingerprint density at radius 3 is 2.62 bits per heavy atom. The van der Waals surface area contributed by atoms with Gasteiger partial charge in [0.05, 0.1) is 6.39 Å². The first-order valence-corrected chi connectivity index (χ1v) is 9.24. The van der Waals surface area contributed by atoms with Gasteiger partial charge >= 0.3 is 10.1 Å². The second kappa shape index (κ2) is 6.97. The third kappa shape index (κ3) is 3.66.